The molecular weight excluding hydrogens is 378 g/mol. The average molecular weight is 408 g/mol. The fourth-order valence-electron chi connectivity index (χ4n) is 3.77. The van der Waals surface area contributed by atoms with E-state index in [0.717, 1.165) is 30.5 Å². The van der Waals surface area contributed by atoms with Crippen LogP contribution in [-0.2, 0) is 21.5 Å². The third-order valence-corrected chi connectivity index (χ3v) is 5.55. The molecule has 1 aliphatic rings. The number of amides is 2. The zero-order valence-corrected chi connectivity index (χ0v) is 17.8. The lowest BCUT2D eigenvalue weighted by Gasteiger charge is -2.23. The summed E-state index contributed by atoms with van der Waals surface area (Å²) >= 11 is 0. The maximum Gasteiger partial charge on any atom is 0.296 e. The Morgan fingerprint density at radius 1 is 1.07 bits per heavy atom. The summed E-state index contributed by atoms with van der Waals surface area (Å²) in [6.45, 7) is 7.54. The molecular formula is C24H29N3O3. The van der Waals surface area contributed by atoms with E-state index in [4.69, 9.17) is 5.73 Å². The van der Waals surface area contributed by atoms with Gasteiger partial charge in [-0.2, -0.15) is 0 Å². The summed E-state index contributed by atoms with van der Waals surface area (Å²) in [6.07, 6.45) is 1.65. The van der Waals surface area contributed by atoms with Crippen LogP contribution in [-0.4, -0.2) is 35.1 Å². The van der Waals surface area contributed by atoms with Crippen molar-refractivity contribution in [2.45, 2.75) is 51.6 Å². The predicted molar refractivity (Wildman–Crippen MR) is 117 cm³/mol. The number of rotatable bonds is 6. The molecule has 0 spiro atoms. The number of carbonyl (C=O) groups excluding carboxylic acids is 3. The van der Waals surface area contributed by atoms with Crippen molar-refractivity contribution in [2.75, 3.05) is 11.9 Å². The van der Waals surface area contributed by atoms with Gasteiger partial charge in [0.2, 0.25) is 5.91 Å². The molecule has 3 rings (SSSR count). The van der Waals surface area contributed by atoms with Gasteiger partial charge in [0.15, 0.2) is 0 Å². The second kappa shape index (κ2) is 8.79. The molecule has 1 atom stereocenters. The normalized spacial score (nSPS) is 17.0. The Morgan fingerprint density at radius 3 is 2.37 bits per heavy atom. The summed E-state index contributed by atoms with van der Waals surface area (Å²) < 4.78 is 0. The first-order valence-electron chi connectivity index (χ1n) is 10.2. The van der Waals surface area contributed by atoms with Crippen molar-refractivity contribution in [3.63, 3.8) is 0 Å². The summed E-state index contributed by atoms with van der Waals surface area (Å²) in [7, 11) is 0. The van der Waals surface area contributed by atoms with Crippen molar-refractivity contribution >= 4 is 23.3 Å². The van der Waals surface area contributed by atoms with E-state index in [-0.39, 0.29) is 17.4 Å². The molecule has 0 aliphatic carbocycles. The fourth-order valence-corrected chi connectivity index (χ4v) is 3.77. The van der Waals surface area contributed by atoms with Crippen LogP contribution in [0.3, 0.4) is 0 Å². The Labute approximate surface area is 177 Å². The number of primary amides is 1. The van der Waals surface area contributed by atoms with Crippen molar-refractivity contribution in [3.8, 4) is 0 Å². The maximum atomic E-state index is 12.6. The highest BCUT2D eigenvalue weighted by Crippen LogP contribution is 2.25. The SMILES string of the molecule is CC(C)(C)c1ccc(C(=O)C(=O)Nc2ccccc2CN2CCCC2C(N)=O)cc1. The van der Waals surface area contributed by atoms with Crippen molar-refractivity contribution in [2.24, 2.45) is 5.73 Å². The molecule has 2 amide bonds. The highest BCUT2D eigenvalue weighted by atomic mass is 16.2. The molecule has 2 aromatic carbocycles. The van der Waals surface area contributed by atoms with E-state index in [0.29, 0.717) is 17.8 Å². The highest BCUT2D eigenvalue weighted by molar-refractivity contribution is 6.46. The van der Waals surface area contributed by atoms with Crippen LogP contribution < -0.4 is 11.1 Å². The summed E-state index contributed by atoms with van der Waals surface area (Å²) in [5.41, 5.74) is 8.34. The molecule has 0 radical (unpaired) electrons. The molecule has 6 nitrogen and oxygen atoms in total. The Bertz CT molecular complexity index is 945. The van der Waals surface area contributed by atoms with Crippen LogP contribution in [0.15, 0.2) is 48.5 Å². The lowest BCUT2D eigenvalue weighted by molar-refractivity contribution is -0.122. The van der Waals surface area contributed by atoms with E-state index in [1.165, 1.54) is 0 Å². The summed E-state index contributed by atoms with van der Waals surface area (Å²) in [5.74, 6) is -1.59. The van der Waals surface area contributed by atoms with Crippen LogP contribution in [0.5, 0.6) is 0 Å². The molecule has 1 unspecified atom stereocenters. The van der Waals surface area contributed by atoms with Gasteiger partial charge in [0.25, 0.3) is 11.7 Å². The molecule has 1 fully saturated rings. The minimum atomic E-state index is -0.682. The summed E-state index contributed by atoms with van der Waals surface area (Å²) in [5, 5.41) is 2.74. The zero-order chi connectivity index (χ0) is 21.9. The van der Waals surface area contributed by atoms with Gasteiger partial charge in [-0.3, -0.25) is 19.3 Å². The quantitative estimate of drug-likeness (QED) is 0.568. The van der Waals surface area contributed by atoms with Gasteiger partial charge in [-0.15, -0.1) is 0 Å². The Morgan fingerprint density at radius 2 is 1.73 bits per heavy atom. The van der Waals surface area contributed by atoms with E-state index < -0.39 is 11.7 Å². The number of hydrogen-bond acceptors (Lipinski definition) is 4. The summed E-state index contributed by atoms with van der Waals surface area (Å²) in [4.78, 5) is 38.9. The molecule has 0 aromatic heterocycles. The number of likely N-dealkylation sites (tertiary alicyclic amines) is 1. The molecule has 0 bridgehead atoms. The largest absolute Gasteiger partial charge is 0.368 e. The Kier molecular flexibility index (Phi) is 6.37. The molecule has 158 valence electrons. The number of nitrogens with one attached hydrogen (secondary N) is 1. The van der Waals surface area contributed by atoms with Crippen molar-refractivity contribution in [1.82, 2.24) is 4.90 Å². The van der Waals surface area contributed by atoms with Gasteiger partial charge in [0, 0.05) is 17.8 Å². The molecule has 1 aliphatic heterocycles. The second-order valence-electron chi connectivity index (χ2n) is 8.80. The van der Waals surface area contributed by atoms with Crippen LogP contribution in [0.2, 0.25) is 0 Å². The molecule has 6 heteroatoms. The van der Waals surface area contributed by atoms with Gasteiger partial charge in [0.05, 0.1) is 6.04 Å². The van der Waals surface area contributed by atoms with E-state index in [1.807, 2.05) is 29.2 Å². The number of anilines is 1. The fraction of sp³-hybridized carbons (Fsp3) is 0.375. The van der Waals surface area contributed by atoms with E-state index in [2.05, 4.69) is 26.1 Å². The number of ketones is 1. The van der Waals surface area contributed by atoms with Crippen LogP contribution in [0, 0.1) is 0 Å². The van der Waals surface area contributed by atoms with Gasteiger partial charge in [-0.25, -0.2) is 0 Å². The number of nitrogens with zero attached hydrogens (tertiary/aromatic N) is 1. The predicted octanol–water partition coefficient (Wildman–Crippen LogP) is 3.26. The van der Waals surface area contributed by atoms with Crippen molar-refractivity contribution in [1.29, 1.82) is 0 Å². The molecule has 3 N–H and O–H groups in total. The number of benzene rings is 2. The standard InChI is InChI=1S/C24H29N3O3/c1-24(2,3)18-12-10-16(11-13-18)21(28)23(30)26-19-8-5-4-7-17(19)15-27-14-6-9-20(27)22(25)29/h4-5,7-8,10-13,20H,6,9,14-15H2,1-3H3,(H2,25,29)(H,26,30). The van der Waals surface area contributed by atoms with Gasteiger partial charge in [0.1, 0.15) is 0 Å². The first-order valence-corrected chi connectivity index (χ1v) is 10.2. The number of hydrogen-bond donors (Lipinski definition) is 2. The molecule has 2 aromatic rings. The van der Waals surface area contributed by atoms with Gasteiger partial charge in [-0.1, -0.05) is 63.2 Å². The van der Waals surface area contributed by atoms with Crippen molar-refractivity contribution in [3.05, 3.63) is 65.2 Å². The third kappa shape index (κ3) is 4.94. The average Bonchev–Trinajstić information content (AvgIpc) is 3.17. The Hall–Kier alpha value is -2.99. The van der Waals surface area contributed by atoms with Crippen LogP contribution in [0.1, 0.15) is 55.1 Å². The highest BCUT2D eigenvalue weighted by Gasteiger charge is 2.29. The van der Waals surface area contributed by atoms with Crippen LogP contribution in [0.4, 0.5) is 5.69 Å². The van der Waals surface area contributed by atoms with Crippen molar-refractivity contribution < 1.29 is 14.4 Å². The topological polar surface area (TPSA) is 92.5 Å². The number of para-hydroxylation sites is 1. The first kappa shape index (κ1) is 21.7. The van der Waals surface area contributed by atoms with Gasteiger partial charge >= 0.3 is 0 Å². The van der Waals surface area contributed by atoms with Crippen LogP contribution >= 0.6 is 0 Å². The molecule has 0 saturated carbocycles. The smallest absolute Gasteiger partial charge is 0.296 e. The molecule has 1 heterocycles. The van der Waals surface area contributed by atoms with Gasteiger partial charge in [-0.05, 0) is 42.0 Å². The van der Waals surface area contributed by atoms with E-state index in [1.54, 1.807) is 24.3 Å². The third-order valence-electron chi connectivity index (χ3n) is 5.55. The van der Waals surface area contributed by atoms with Crippen LogP contribution in [0.25, 0.3) is 0 Å². The number of nitrogens with two attached hydrogens (primary N) is 1. The second-order valence-corrected chi connectivity index (χ2v) is 8.80. The number of Topliss-reactive ketones (excluding diaryl/α,β-unsaturated/α-hetero) is 1. The lowest BCUT2D eigenvalue weighted by Crippen LogP contribution is -2.39. The van der Waals surface area contributed by atoms with E-state index >= 15 is 0 Å². The van der Waals surface area contributed by atoms with Gasteiger partial charge < -0.3 is 11.1 Å². The summed E-state index contributed by atoms with van der Waals surface area (Å²) in [6, 6.07) is 14.2. The molecule has 30 heavy (non-hydrogen) atoms. The number of carbonyl (C=O) groups is 3. The minimum Gasteiger partial charge on any atom is -0.368 e. The first-order chi connectivity index (χ1) is 14.2. The molecule has 1 saturated heterocycles. The zero-order valence-electron chi connectivity index (χ0n) is 17.8. The minimum absolute atomic E-state index is 0.0267. The lowest BCUT2D eigenvalue weighted by atomic mass is 9.86. The monoisotopic (exact) mass is 407 g/mol. The van der Waals surface area contributed by atoms with E-state index in [9.17, 15) is 14.4 Å². The maximum absolute atomic E-state index is 12.6. The Balaban J connectivity index is 1.72.